The molecule has 2 fully saturated rings. The van der Waals surface area contributed by atoms with Crippen molar-refractivity contribution in [1.82, 2.24) is 4.90 Å². The van der Waals surface area contributed by atoms with Gasteiger partial charge in [-0.1, -0.05) is 18.9 Å². The Kier molecular flexibility index (Phi) is 3.10. The molecule has 4 rings (SSSR count). The number of nitrogens with zero attached hydrogens (tertiary/aromatic N) is 1. The van der Waals surface area contributed by atoms with Crippen molar-refractivity contribution in [2.24, 2.45) is 0 Å². The Morgan fingerprint density at radius 2 is 2.14 bits per heavy atom. The van der Waals surface area contributed by atoms with Gasteiger partial charge in [-0.3, -0.25) is 0 Å². The highest BCUT2D eigenvalue weighted by Gasteiger charge is 2.48. The molecule has 1 saturated carbocycles. The van der Waals surface area contributed by atoms with Crippen LogP contribution in [0, 0.1) is 0 Å². The topological polar surface area (TPSA) is 21.7 Å². The fourth-order valence-corrected chi connectivity index (χ4v) is 4.52. The van der Waals surface area contributed by atoms with E-state index in [0.29, 0.717) is 17.5 Å². The van der Waals surface area contributed by atoms with Gasteiger partial charge in [-0.15, -0.1) is 0 Å². The monoisotopic (exact) mass is 291 g/mol. The van der Waals surface area contributed by atoms with E-state index in [2.05, 4.69) is 18.0 Å². The van der Waals surface area contributed by atoms with Crippen LogP contribution in [0.5, 0.6) is 11.5 Å². The fraction of sp³-hybridized carbons (Fsp3) is 0.647. The summed E-state index contributed by atoms with van der Waals surface area (Å²) in [5.41, 5.74) is 1.52. The highest BCUT2D eigenvalue weighted by Crippen LogP contribution is 2.50. The Morgan fingerprint density at radius 1 is 1.24 bits per heavy atom. The van der Waals surface area contributed by atoms with Crippen LogP contribution in [0.15, 0.2) is 18.2 Å². The van der Waals surface area contributed by atoms with Crippen LogP contribution in [-0.2, 0) is 5.41 Å². The van der Waals surface area contributed by atoms with E-state index in [-0.39, 0.29) is 12.0 Å². The molecule has 1 unspecified atom stereocenters. The largest absolute Gasteiger partial charge is 0.483 e. The molecule has 4 heteroatoms. The first-order valence-corrected chi connectivity index (χ1v) is 7.97. The molecule has 0 spiro atoms. The lowest BCUT2D eigenvalue weighted by atomic mass is 9.66. The van der Waals surface area contributed by atoms with Gasteiger partial charge in [0, 0.05) is 11.5 Å². The molecule has 114 valence electrons. The predicted octanol–water partition coefficient (Wildman–Crippen LogP) is 3.27. The minimum atomic E-state index is -1.35. The normalized spacial score (nSPS) is 35.5. The van der Waals surface area contributed by atoms with Crippen LogP contribution < -0.4 is 9.47 Å². The number of likely N-dealkylation sites (N-methyl/N-ethyl adjacent to an activating group) is 1. The Morgan fingerprint density at radius 3 is 3.05 bits per heavy atom. The summed E-state index contributed by atoms with van der Waals surface area (Å²) in [6, 6.07) is 6.75. The van der Waals surface area contributed by atoms with Crippen molar-refractivity contribution >= 4 is 0 Å². The first-order valence-electron chi connectivity index (χ1n) is 7.97. The predicted molar refractivity (Wildman–Crippen MR) is 78.6 cm³/mol. The Hall–Kier alpha value is -1.29. The lowest BCUT2D eigenvalue weighted by Crippen LogP contribution is -2.43. The fourth-order valence-electron chi connectivity index (χ4n) is 4.52. The quantitative estimate of drug-likeness (QED) is 0.792. The molecule has 1 saturated heterocycles. The van der Waals surface area contributed by atoms with E-state index in [1.54, 1.807) is 0 Å². The third kappa shape index (κ3) is 2.03. The lowest BCUT2D eigenvalue weighted by molar-refractivity contribution is -0.00315. The first kappa shape index (κ1) is 13.4. The van der Waals surface area contributed by atoms with Crippen molar-refractivity contribution in [3.63, 3.8) is 0 Å². The van der Waals surface area contributed by atoms with Crippen LogP contribution in [-0.4, -0.2) is 37.5 Å². The molecule has 1 aromatic carbocycles. The number of likely N-dealkylation sites (tertiary alicyclic amines) is 1. The van der Waals surface area contributed by atoms with Crippen molar-refractivity contribution in [2.45, 2.75) is 49.9 Å². The van der Waals surface area contributed by atoms with Gasteiger partial charge < -0.3 is 14.4 Å². The second kappa shape index (κ2) is 4.87. The third-order valence-electron chi connectivity index (χ3n) is 5.57. The molecule has 2 heterocycles. The van der Waals surface area contributed by atoms with Crippen molar-refractivity contribution in [1.29, 1.82) is 0 Å². The van der Waals surface area contributed by atoms with Gasteiger partial charge in [0.2, 0.25) is 0 Å². The van der Waals surface area contributed by atoms with E-state index in [0.717, 1.165) is 6.54 Å². The maximum Gasteiger partial charge on any atom is 0.272 e. The van der Waals surface area contributed by atoms with Crippen LogP contribution in [0.4, 0.5) is 4.39 Å². The summed E-state index contributed by atoms with van der Waals surface area (Å²) in [6.07, 6.45) is 4.92. The molecule has 3 aliphatic rings. The molecule has 3 atom stereocenters. The van der Waals surface area contributed by atoms with E-state index in [9.17, 15) is 4.39 Å². The van der Waals surface area contributed by atoms with E-state index in [1.807, 2.05) is 12.1 Å². The summed E-state index contributed by atoms with van der Waals surface area (Å²) in [4.78, 5) is 2.49. The van der Waals surface area contributed by atoms with Crippen LogP contribution in [0.3, 0.4) is 0 Å². The summed E-state index contributed by atoms with van der Waals surface area (Å²) < 4.78 is 24.1. The van der Waals surface area contributed by atoms with Crippen LogP contribution >= 0.6 is 0 Å². The molecule has 2 aliphatic heterocycles. The Bertz CT molecular complexity index is 546. The third-order valence-corrected chi connectivity index (χ3v) is 5.57. The number of halogens is 1. The van der Waals surface area contributed by atoms with Gasteiger partial charge in [0.1, 0.15) is 0 Å². The SMILES string of the molecule is CN1CC[C@]2(c3ccc4c(c3)OC(F)CO4)CCCC[C@H]12. The van der Waals surface area contributed by atoms with Gasteiger partial charge in [-0.25, -0.2) is 0 Å². The number of hydrogen-bond donors (Lipinski definition) is 0. The summed E-state index contributed by atoms with van der Waals surface area (Å²) in [7, 11) is 2.23. The number of rotatable bonds is 1. The summed E-state index contributed by atoms with van der Waals surface area (Å²) in [5, 5.41) is 0. The molecule has 21 heavy (non-hydrogen) atoms. The summed E-state index contributed by atoms with van der Waals surface area (Å²) in [6.45, 7) is 1.13. The lowest BCUT2D eigenvalue weighted by Gasteiger charge is -2.42. The molecule has 1 aromatic rings. The summed E-state index contributed by atoms with van der Waals surface area (Å²) >= 11 is 0. The standard InChI is InChI=1S/C17H22FNO2/c1-19-9-8-17(7-3-2-4-15(17)19)12-5-6-13-14(10-12)21-16(18)11-20-13/h5-6,10,15-16H,2-4,7-9,11H2,1H3/t15-,16?,17-/m0/s1. The second-order valence-corrected chi connectivity index (χ2v) is 6.65. The molecule has 0 aromatic heterocycles. The Labute approximate surface area is 125 Å². The van der Waals surface area contributed by atoms with Gasteiger partial charge in [0.15, 0.2) is 18.1 Å². The maximum atomic E-state index is 13.4. The van der Waals surface area contributed by atoms with E-state index in [4.69, 9.17) is 9.47 Å². The zero-order chi connectivity index (χ0) is 14.4. The minimum Gasteiger partial charge on any atom is -0.483 e. The van der Waals surface area contributed by atoms with Crippen molar-refractivity contribution in [3.8, 4) is 11.5 Å². The van der Waals surface area contributed by atoms with Gasteiger partial charge in [-0.05, 0) is 50.6 Å². The smallest absolute Gasteiger partial charge is 0.272 e. The maximum absolute atomic E-state index is 13.4. The van der Waals surface area contributed by atoms with Gasteiger partial charge in [0.25, 0.3) is 6.36 Å². The number of fused-ring (bicyclic) bond motifs is 2. The van der Waals surface area contributed by atoms with Crippen LogP contribution in [0.1, 0.15) is 37.7 Å². The van der Waals surface area contributed by atoms with Crippen molar-refractivity contribution in [3.05, 3.63) is 23.8 Å². The van der Waals surface area contributed by atoms with E-state index in [1.165, 1.54) is 37.7 Å². The van der Waals surface area contributed by atoms with Gasteiger partial charge in [0.05, 0.1) is 0 Å². The van der Waals surface area contributed by atoms with Crippen molar-refractivity contribution in [2.75, 3.05) is 20.2 Å². The average Bonchev–Trinajstić information content (AvgIpc) is 2.85. The van der Waals surface area contributed by atoms with Gasteiger partial charge in [-0.2, -0.15) is 4.39 Å². The number of alkyl halides is 1. The first-order chi connectivity index (χ1) is 10.2. The molecular formula is C17H22FNO2. The molecular weight excluding hydrogens is 269 g/mol. The number of ether oxygens (including phenoxy) is 2. The molecule has 0 amide bonds. The number of benzene rings is 1. The molecule has 0 radical (unpaired) electrons. The van der Waals surface area contributed by atoms with Crippen LogP contribution in [0.2, 0.25) is 0 Å². The Balaban J connectivity index is 1.73. The molecule has 3 nitrogen and oxygen atoms in total. The zero-order valence-electron chi connectivity index (χ0n) is 12.5. The minimum absolute atomic E-state index is 0.0111. The van der Waals surface area contributed by atoms with Crippen LogP contribution in [0.25, 0.3) is 0 Å². The van der Waals surface area contributed by atoms with Gasteiger partial charge >= 0.3 is 0 Å². The highest BCUT2D eigenvalue weighted by atomic mass is 19.1. The van der Waals surface area contributed by atoms with E-state index >= 15 is 0 Å². The molecule has 1 aliphatic carbocycles. The molecule has 0 N–H and O–H groups in total. The van der Waals surface area contributed by atoms with Crippen molar-refractivity contribution < 1.29 is 13.9 Å². The van der Waals surface area contributed by atoms with E-state index < -0.39 is 6.36 Å². The zero-order valence-corrected chi connectivity index (χ0v) is 12.5. The molecule has 0 bridgehead atoms. The second-order valence-electron chi connectivity index (χ2n) is 6.65. The average molecular weight is 291 g/mol. The summed E-state index contributed by atoms with van der Waals surface area (Å²) in [5.74, 6) is 1.24. The highest BCUT2D eigenvalue weighted by molar-refractivity contribution is 5.47. The number of hydrogen-bond acceptors (Lipinski definition) is 3.